The van der Waals surface area contributed by atoms with Crippen LogP contribution in [-0.2, 0) is 0 Å². The van der Waals surface area contributed by atoms with E-state index < -0.39 is 11.6 Å². The Kier molecular flexibility index (Phi) is 4.30. The van der Waals surface area contributed by atoms with Gasteiger partial charge in [-0.3, -0.25) is 0 Å². The number of benzene rings is 2. The molecule has 0 bridgehead atoms. The molecule has 0 unspecified atom stereocenters. The average molecular weight is 356 g/mol. The molecular formula is C21H18F2OS. The third kappa shape index (κ3) is 3.31. The SMILES string of the molecule is Cc1ccc(-c2c(F)cc(-c3ccc(OC4CCC4)cc3)cc2F)s1. The summed E-state index contributed by atoms with van der Waals surface area (Å²) in [6, 6.07) is 13.8. The molecule has 0 aliphatic heterocycles. The van der Waals surface area contributed by atoms with Gasteiger partial charge in [-0.05, 0) is 73.7 Å². The van der Waals surface area contributed by atoms with Crippen LogP contribution in [0.1, 0.15) is 24.1 Å². The molecule has 1 heterocycles. The Morgan fingerprint density at radius 3 is 2.12 bits per heavy atom. The van der Waals surface area contributed by atoms with Crippen LogP contribution in [-0.4, -0.2) is 6.10 Å². The van der Waals surface area contributed by atoms with Gasteiger partial charge in [-0.25, -0.2) is 8.78 Å². The van der Waals surface area contributed by atoms with E-state index in [0.29, 0.717) is 16.5 Å². The number of thiophene rings is 1. The zero-order valence-electron chi connectivity index (χ0n) is 13.9. The van der Waals surface area contributed by atoms with Crippen molar-refractivity contribution in [2.45, 2.75) is 32.3 Å². The highest BCUT2D eigenvalue weighted by Crippen LogP contribution is 2.35. The molecule has 1 fully saturated rings. The molecule has 25 heavy (non-hydrogen) atoms. The summed E-state index contributed by atoms with van der Waals surface area (Å²) in [5.41, 5.74) is 1.35. The van der Waals surface area contributed by atoms with Gasteiger partial charge in [-0.2, -0.15) is 0 Å². The quantitative estimate of drug-likeness (QED) is 0.512. The minimum atomic E-state index is -0.536. The Labute approximate surface area is 149 Å². The largest absolute Gasteiger partial charge is 0.490 e. The van der Waals surface area contributed by atoms with Crippen molar-refractivity contribution in [2.75, 3.05) is 0 Å². The van der Waals surface area contributed by atoms with Gasteiger partial charge in [-0.15, -0.1) is 11.3 Å². The van der Waals surface area contributed by atoms with Crippen molar-refractivity contribution >= 4 is 11.3 Å². The molecular weight excluding hydrogens is 338 g/mol. The number of rotatable bonds is 4. The van der Waals surface area contributed by atoms with Crippen molar-refractivity contribution in [3.05, 3.63) is 65.0 Å². The summed E-state index contributed by atoms with van der Waals surface area (Å²) in [4.78, 5) is 1.64. The Balaban J connectivity index is 1.62. The van der Waals surface area contributed by atoms with E-state index in [9.17, 15) is 8.78 Å². The highest BCUT2D eigenvalue weighted by atomic mass is 32.1. The lowest BCUT2D eigenvalue weighted by atomic mass is 9.96. The molecule has 1 saturated carbocycles. The summed E-state index contributed by atoms with van der Waals surface area (Å²) in [5, 5.41) is 0. The van der Waals surface area contributed by atoms with Crippen LogP contribution in [0.15, 0.2) is 48.5 Å². The predicted molar refractivity (Wildman–Crippen MR) is 98.1 cm³/mol. The third-order valence-electron chi connectivity index (χ3n) is 4.57. The summed E-state index contributed by atoms with van der Waals surface area (Å²) in [5.74, 6) is -0.265. The molecule has 0 radical (unpaired) electrons. The van der Waals surface area contributed by atoms with E-state index >= 15 is 0 Å². The van der Waals surface area contributed by atoms with E-state index in [0.717, 1.165) is 29.0 Å². The average Bonchev–Trinajstić information content (AvgIpc) is 2.97. The maximum absolute atomic E-state index is 14.5. The fourth-order valence-electron chi connectivity index (χ4n) is 2.95. The molecule has 1 aliphatic carbocycles. The molecule has 0 saturated heterocycles. The van der Waals surface area contributed by atoms with Crippen molar-refractivity contribution in [3.63, 3.8) is 0 Å². The number of hydrogen-bond acceptors (Lipinski definition) is 2. The zero-order valence-corrected chi connectivity index (χ0v) is 14.7. The molecule has 4 rings (SSSR count). The highest BCUT2D eigenvalue weighted by Gasteiger charge is 2.19. The van der Waals surface area contributed by atoms with Gasteiger partial charge in [-0.1, -0.05) is 12.1 Å². The zero-order chi connectivity index (χ0) is 17.4. The minimum Gasteiger partial charge on any atom is -0.490 e. The Hall–Kier alpha value is -2.20. The fourth-order valence-corrected chi connectivity index (χ4v) is 3.87. The van der Waals surface area contributed by atoms with Crippen molar-refractivity contribution < 1.29 is 13.5 Å². The molecule has 1 nitrogen and oxygen atoms in total. The first-order chi connectivity index (χ1) is 12.1. The second-order valence-corrected chi connectivity index (χ2v) is 7.71. The smallest absolute Gasteiger partial charge is 0.135 e. The number of halogens is 2. The Morgan fingerprint density at radius 1 is 0.920 bits per heavy atom. The van der Waals surface area contributed by atoms with Crippen molar-refractivity contribution in [1.82, 2.24) is 0 Å². The van der Waals surface area contributed by atoms with Crippen molar-refractivity contribution in [1.29, 1.82) is 0 Å². The fraction of sp³-hybridized carbons (Fsp3) is 0.238. The Bertz CT molecular complexity index is 872. The van der Waals surface area contributed by atoms with Crippen LogP contribution in [0.5, 0.6) is 5.75 Å². The van der Waals surface area contributed by atoms with Gasteiger partial charge in [0.2, 0.25) is 0 Å². The van der Waals surface area contributed by atoms with Gasteiger partial charge in [0.1, 0.15) is 17.4 Å². The van der Waals surface area contributed by atoms with Crippen LogP contribution >= 0.6 is 11.3 Å². The van der Waals surface area contributed by atoms with Crippen molar-refractivity contribution in [3.8, 4) is 27.3 Å². The van der Waals surface area contributed by atoms with Crippen LogP contribution in [0.3, 0.4) is 0 Å². The van der Waals surface area contributed by atoms with E-state index in [1.165, 1.54) is 29.9 Å². The van der Waals surface area contributed by atoms with E-state index in [4.69, 9.17) is 4.74 Å². The summed E-state index contributed by atoms with van der Waals surface area (Å²) in [7, 11) is 0. The number of ether oxygens (including phenoxy) is 1. The first-order valence-corrected chi connectivity index (χ1v) is 9.25. The first kappa shape index (κ1) is 16.3. The van der Waals surface area contributed by atoms with Gasteiger partial charge in [0.15, 0.2) is 0 Å². The van der Waals surface area contributed by atoms with Crippen LogP contribution < -0.4 is 4.74 Å². The van der Waals surface area contributed by atoms with Gasteiger partial charge in [0, 0.05) is 9.75 Å². The molecule has 1 aliphatic rings. The predicted octanol–water partition coefficient (Wildman–Crippen LogP) is 6.60. The summed E-state index contributed by atoms with van der Waals surface area (Å²) >= 11 is 1.39. The lowest BCUT2D eigenvalue weighted by molar-refractivity contribution is 0.120. The molecule has 128 valence electrons. The first-order valence-electron chi connectivity index (χ1n) is 8.43. The van der Waals surface area contributed by atoms with E-state index in [-0.39, 0.29) is 5.56 Å². The molecule has 4 heteroatoms. The summed E-state index contributed by atoms with van der Waals surface area (Å²) in [6.07, 6.45) is 3.73. The molecule has 0 N–H and O–H groups in total. The van der Waals surface area contributed by atoms with Gasteiger partial charge in [0.05, 0.1) is 11.7 Å². The number of aryl methyl sites for hydroxylation is 1. The van der Waals surface area contributed by atoms with E-state index in [2.05, 4.69) is 0 Å². The lowest BCUT2D eigenvalue weighted by Gasteiger charge is -2.26. The molecule has 3 aromatic rings. The van der Waals surface area contributed by atoms with E-state index in [1.54, 1.807) is 6.07 Å². The molecule has 0 amide bonds. The highest BCUT2D eigenvalue weighted by molar-refractivity contribution is 7.15. The molecule has 2 aromatic carbocycles. The van der Waals surface area contributed by atoms with Crippen LogP contribution in [0.25, 0.3) is 21.6 Å². The third-order valence-corrected chi connectivity index (χ3v) is 5.59. The lowest BCUT2D eigenvalue weighted by Crippen LogP contribution is -2.24. The molecule has 0 atom stereocenters. The standard InChI is InChI=1S/C21H18F2OS/c1-13-5-10-20(25-13)21-18(22)11-15(12-19(21)23)14-6-8-17(9-7-14)24-16-3-2-4-16/h5-12,16H,2-4H2,1H3. The molecule has 1 aromatic heterocycles. The summed E-state index contributed by atoms with van der Waals surface area (Å²) in [6.45, 7) is 1.92. The Morgan fingerprint density at radius 2 is 1.60 bits per heavy atom. The van der Waals surface area contributed by atoms with Gasteiger partial charge < -0.3 is 4.74 Å². The summed E-state index contributed by atoms with van der Waals surface area (Å²) < 4.78 is 34.9. The van der Waals surface area contributed by atoms with Crippen LogP contribution in [0, 0.1) is 18.6 Å². The van der Waals surface area contributed by atoms with Crippen LogP contribution in [0.4, 0.5) is 8.78 Å². The monoisotopic (exact) mass is 356 g/mol. The minimum absolute atomic E-state index is 0.0480. The normalized spacial score (nSPS) is 14.4. The van der Waals surface area contributed by atoms with E-state index in [1.807, 2.05) is 37.3 Å². The maximum atomic E-state index is 14.5. The topological polar surface area (TPSA) is 9.23 Å². The van der Waals surface area contributed by atoms with Gasteiger partial charge in [0.25, 0.3) is 0 Å². The van der Waals surface area contributed by atoms with Crippen molar-refractivity contribution in [2.24, 2.45) is 0 Å². The second kappa shape index (κ2) is 6.60. The maximum Gasteiger partial charge on any atom is 0.135 e. The molecule has 0 spiro atoms. The van der Waals surface area contributed by atoms with Gasteiger partial charge >= 0.3 is 0 Å². The second-order valence-electron chi connectivity index (χ2n) is 6.42. The van der Waals surface area contributed by atoms with Crippen LogP contribution in [0.2, 0.25) is 0 Å². The number of hydrogen-bond donors (Lipinski definition) is 0.